The summed E-state index contributed by atoms with van der Waals surface area (Å²) in [6.07, 6.45) is 1.73. The van der Waals surface area contributed by atoms with Crippen molar-refractivity contribution in [3.8, 4) is 0 Å². The average Bonchev–Trinajstić information content (AvgIpc) is 2.08. The zero-order valence-electron chi connectivity index (χ0n) is 8.99. The molecule has 1 fully saturated rings. The Labute approximate surface area is 85.1 Å². The fraction of sp³-hybridized carbons (Fsp3) is 0.900. The predicted molar refractivity (Wildman–Crippen MR) is 54.7 cm³/mol. The van der Waals surface area contributed by atoms with Crippen LogP contribution in [0.5, 0.6) is 0 Å². The minimum Gasteiger partial charge on any atom is -0.386 e. The molecular weight excluding hydrogens is 180 g/mol. The lowest BCUT2D eigenvalue weighted by Crippen LogP contribution is -2.62. The van der Waals surface area contributed by atoms with Gasteiger partial charge < -0.3 is 15.7 Å². The number of aliphatic hydroxyl groups is 1. The van der Waals surface area contributed by atoms with Gasteiger partial charge in [-0.15, -0.1) is 0 Å². The molecule has 1 amide bonds. The molecular formula is C10H20N2O2. The molecule has 4 heteroatoms. The summed E-state index contributed by atoms with van der Waals surface area (Å²) in [5.74, 6) is 0.180. The highest BCUT2D eigenvalue weighted by molar-refractivity contribution is 5.79. The van der Waals surface area contributed by atoms with Gasteiger partial charge in [-0.2, -0.15) is 0 Å². The molecule has 0 aromatic heterocycles. The van der Waals surface area contributed by atoms with Crippen LogP contribution < -0.4 is 5.73 Å². The lowest BCUT2D eigenvalue weighted by Gasteiger charge is -2.45. The number of β-amino-alcohol motifs (C(OH)–C–C–N with tert-alkyl or cyclic N) is 1. The topological polar surface area (TPSA) is 66.6 Å². The minimum absolute atomic E-state index is 0.0367. The highest BCUT2D eigenvalue weighted by Crippen LogP contribution is 2.22. The predicted octanol–water partition coefficient (Wildman–Crippen LogP) is -0.0454. The monoisotopic (exact) mass is 200 g/mol. The van der Waals surface area contributed by atoms with E-state index in [-0.39, 0.29) is 11.8 Å². The molecule has 0 saturated carbocycles. The number of carbonyl (C=O) groups is 1. The van der Waals surface area contributed by atoms with E-state index in [0.29, 0.717) is 19.6 Å². The van der Waals surface area contributed by atoms with Crippen molar-refractivity contribution < 1.29 is 9.90 Å². The maximum absolute atomic E-state index is 11.7. The Bertz CT molecular complexity index is 208. The Balaban J connectivity index is 2.29. The quantitative estimate of drug-likeness (QED) is 0.669. The first-order valence-electron chi connectivity index (χ1n) is 5.17. The maximum atomic E-state index is 11.7. The highest BCUT2D eigenvalue weighted by Gasteiger charge is 2.40. The Kier molecular flexibility index (Phi) is 3.50. The zero-order valence-corrected chi connectivity index (χ0v) is 8.99. The van der Waals surface area contributed by atoms with Crippen molar-refractivity contribution in [2.24, 2.45) is 11.7 Å². The van der Waals surface area contributed by atoms with E-state index >= 15 is 0 Å². The molecule has 82 valence electrons. The van der Waals surface area contributed by atoms with E-state index in [2.05, 4.69) is 0 Å². The van der Waals surface area contributed by atoms with E-state index in [9.17, 15) is 9.90 Å². The molecule has 3 N–H and O–H groups in total. The van der Waals surface area contributed by atoms with Gasteiger partial charge in [0.2, 0.25) is 5.91 Å². The van der Waals surface area contributed by atoms with E-state index in [4.69, 9.17) is 5.73 Å². The number of hydrogen-bond acceptors (Lipinski definition) is 3. The van der Waals surface area contributed by atoms with Gasteiger partial charge >= 0.3 is 0 Å². The van der Waals surface area contributed by atoms with Crippen molar-refractivity contribution in [3.05, 3.63) is 0 Å². The zero-order chi connectivity index (χ0) is 10.8. The summed E-state index contributed by atoms with van der Waals surface area (Å²) in [7, 11) is 0. The first-order valence-corrected chi connectivity index (χ1v) is 5.17. The summed E-state index contributed by atoms with van der Waals surface area (Å²) in [4.78, 5) is 13.4. The Morgan fingerprint density at radius 1 is 1.64 bits per heavy atom. The summed E-state index contributed by atoms with van der Waals surface area (Å²) in [5, 5.41) is 9.48. The summed E-state index contributed by atoms with van der Waals surface area (Å²) in [6, 6.07) is 0. The normalized spacial score (nSPS) is 21.6. The average molecular weight is 200 g/mol. The molecule has 0 spiro atoms. The molecule has 1 heterocycles. The van der Waals surface area contributed by atoms with Crippen LogP contribution in [-0.2, 0) is 4.79 Å². The number of rotatable bonds is 4. The van der Waals surface area contributed by atoms with Gasteiger partial charge in [0.15, 0.2) is 0 Å². The lowest BCUT2D eigenvalue weighted by atomic mass is 9.93. The van der Waals surface area contributed by atoms with Gasteiger partial charge in [-0.3, -0.25) is 4.79 Å². The molecule has 0 radical (unpaired) electrons. The van der Waals surface area contributed by atoms with Gasteiger partial charge in [0.1, 0.15) is 0 Å². The number of nitrogens with two attached hydrogens (primary N) is 1. The van der Waals surface area contributed by atoms with Crippen molar-refractivity contribution in [1.29, 1.82) is 0 Å². The number of carbonyl (C=O) groups excluding carboxylic acids is 1. The van der Waals surface area contributed by atoms with E-state index in [1.165, 1.54) is 0 Å². The van der Waals surface area contributed by atoms with Crippen LogP contribution in [-0.4, -0.2) is 41.1 Å². The number of hydrogen-bond donors (Lipinski definition) is 2. The second-order valence-electron chi connectivity index (χ2n) is 4.52. The van der Waals surface area contributed by atoms with Crippen molar-refractivity contribution in [2.75, 3.05) is 19.6 Å². The van der Waals surface area contributed by atoms with Crippen molar-refractivity contribution in [1.82, 2.24) is 4.90 Å². The molecule has 0 aromatic carbocycles. The van der Waals surface area contributed by atoms with Gasteiger partial charge in [-0.05, 0) is 26.3 Å². The number of nitrogens with zero attached hydrogens (tertiary/aromatic N) is 1. The molecule has 0 bridgehead atoms. The molecule has 1 aliphatic heterocycles. The third kappa shape index (κ3) is 2.69. The van der Waals surface area contributed by atoms with Crippen molar-refractivity contribution in [2.45, 2.75) is 32.3 Å². The van der Waals surface area contributed by atoms with Gasteiger partial charge in [0, 0.05) is 5.92 Å². The van der Waals surface area contributed by atoms with Crippen LogP contribution >= 0.6 is 0 Å². The van der Waals surface area contributed by atoms with E-state index in [1.54, 1.807) is 11.8 Å². The molecule has 1 aliphatic rings. The summed E-state index contributed by atoms with van der Waals surface area (Å²) in [5.41, 5.74) is 4.71. The van der Waals surface area contributed by atoms with Crippen LogP contribution in [0.15, 0.2) is 0 Å². The van der Waals surface area contributed by atoms with Gasteiger partial charge in [-0.1, -0.05) is 6.92 Å². The smallest absolute Gasteiger partial charge is 0.225 e. The van der Waals surface area contributed by atoms with Crippen LogP contribution in [0.25, 0.3) is 0 Å². The Hall–Kier alpha value is -0.610. The Morgan fingerprint density at radius 3 is 2.64 bits per heavy atom. The second-order valence-corrected chi connectivity index (χ2v) is 4.52. The fourth-order valence-electron chi connectivity index (χ4n) is 1.79. The first kappa shape index (κ1) is 11.5. The summed E-state index contributed by atoms with van der Waals surface area (Å²) in [6.45, 7) is 5.25. The summed E-state index contributed by atoms with van der Waals surface area (Å²) < 4.78 is 0. The SMILES string of the molecule is CC(CCCN)C(=O)N1CC(C)(O)C1. The van der Waals surface area contributed by atoms with Gasteiger partial charge in [0.25, 0.3) is 0 Å². The fourth-order valence-corrected chi connectivity index (χ4v) is 1.79. The van der Waals surface area contributed by atoms with E-state index in [0.717, 1.165) is 12.8 Å². The second kappa shape index (κ2) is 4.28. The van der Waals surface area contributed by atoms with Crippen molar-refractivity contribution in [3.63, 3.8) is 0 Å². The van der Waals surface area contributed by atoms with E-state index < -0.39 is 5.60 Å². The van der Waals surface area contributed by atoms with Crippen LogP contribution in [0.3, 0.4) is 0 Å². The molecule has 1 rings (SSSR count). The maximum Gasteiger partial charge on any atom is 0.225 e. The summed E-state index contributed by atoms with van der Waals surface area (Å²) >= 11 is 0. The number of likely N-dealkylation sites (tertiary alicyclic amines) is 1. The van der Waals surface area contributed by atoms with Gasteiger partial charge in [0.05, 0.1) is 18.7 Å². The van der Waals surface area contributed by atoms with Crippen LogP contribution in [0.4, 0.5) is 0 Å². The first-order chi connectivity index (χ1) is 6.46. The molecule has 0 aliphatic carbocycles. The number of amides is 1. The van der Waals surface area contributed by atoms with Crippen LogP contribution in [0, 0.1) is 5.92 Å². The third-order valence-electron chi connectivity index (χ3n) is 2.64. The van der Waals surface area contributed by atoms with Crippen molar-refractivity contribution >= 4 is 5.91 Å². The molecule has 1 atom stereocenters. The van der Waals surface area contributed by atoms with Gasteiger partial charge in [-0.25, -0.2) is 0 Å². The molecule has 14 heavy (non-hydrogen) atoms. The standard InChI is InChI=1S/C10H20N2O2/c1-8(4-3-5-11)9(13)12-6-10(2,14)7-12/h8,14H,3-7,11H2,1-2H3. The Morgan fingerprint density at radius 2 is 2.21 bits per heavy atom. The largest absolute Gasteiger partial charge is 0.386 e. The van der Waals surface area contributed by atoms with E-state index in [1.807, 2.05) is 6.92 Å². The molecule has 1 saturated heterocycles. The van der Waals surface area contributed by atoms with Crippen LogP contribution in [0.2, 0.25) is 0 Å². The molecule has 1 unspecified atom stereocenters. The third-order valence-corrected chi connectivity index (χ3v) is 2.64. The lowest BCUT2D eigenvalue weighted by molar-refractivity contribution is -0.156. The molecule has 0 aromatic rings. The van der Waals surface area contributed by atoms with Crippen LogP contribution in [0.1, 0.15) is 26.7 Å². The molecule has 4 nitrogen and oxygen atoms in total. The minimum atomic E-state index is -0.663. The highest BCUT2D eigenvalue weighted by atomic mass is 16.3.